The lowest BCUT2D eigenvalue weighted by Crippen LogP contribution is -2.34. The number of hydrogen-bond donors (Lipinski definition) is 0. The van der Waals surface area contributed by atoms with E-state index in [1.807, 2.05) is 6.07 Å². The summed E-state index contributed by atoms with van der Waals surface area (Å²) >= 11 is 5.83. The first-order valence-electron chi connectivity index (χ1n) is 8.27. The Morgan fingerprint density at radius 2 is 1.65 bits per heavy atom. The van der Waals surface area contributed by atoms with Gasteiger partial charge in [-0.15, -0.1) is 0 Å². The molecular weight excluding hydrogens is 394 g/mol. The van der Waals surface area contributed by atoms with Crippen LogP contribution in [0, 0.1) is 0 Å². The number of benzene rings is 2. The van der Waals surface area contributed by atoms with Crippen LogP contribution in [0.3, 0.4) is 0 Å². The van der Waals surface area contributed by atoms with Crippen molar-refractivity contribution >= 4 is 31.5 Å². The molecule has 1 heterocycles. The Labute approximate surface area is 159 Å². The van der Waals surface area contributed by atoms with Gasteiger partial charge in [-0.05, 0) is 29.7 Å². The van der Waals surface area contributed by atoms with Crippen LogP contribution in [0.4, 0.5) is 0 Å². The molecule has 140 valence electrons. The number of hydrogen-bond acceptors (Lipinski definition) is 4. The van der Waals surface area contributed by atoms with E-state index in [1.54, 1.807) is 48.5 Å². The third-order valence-electron chi connectivity index (χ3n) is 4.53. The zero-order valence-electron chi connectivity index (χ0n) is 14.1. The Hall–Kier alpha value is -1.41. The van der Waals surface area contributed by atoms with E-state index in [2.05, 4.69) is 0 Å². The molecule has 26 heavy (non-hydrogen) atoms. The molecule has 0 radical (unpaired) electrons. The van der Waals surface area contributed by atoms with Crippen LogP contribution in [0.1, 0.15) is 22.8 Å². The highest BCUT2D eigenvalue weighted by molar-refractivity contribution is 7.91. The third-order valence-corrected chi connectivity index (χ3v) is 8.75. The highest BCUT2D eigenvalue weighted by atomic mass is 35.5. The maximum absolute atomic E-state index is 12.7. The van der Waals surface area contributed by atoms with Crippen molar-refractivity contribution in [3.63, 3.8) is 0 Å². The van der Waals surface area contributed by atoms with Gasteiger partial charge in [0.2, 0.25) is 10.0 Å². The molecule has 0 bridgehead atoms. The van der Waals surface area contributed by atoms with Gasteiger partial charge in [0.25, 0.3) is 0 Å². The second kappa shape index (κ2) is 7.68. The highest BCUT2D eigenvalue weighted by Gasteiger charge is 2.34. The van der Waals surface area contributed by atoms with Gasteiger partial charge < -0.3 is 0 Å². The Kier molecular flexibility index (Phi) is 5.72. The fourth-order valence-electron chi connectivity index (χ4n) is 3.13. The first-order chi connectivity index (χ1) is 12.3. The molecule has 5 nitrogen and oxygen atoms in total. The molecule has 1 aliphatic heterocycles. The molecule has 1 atom stereocenters. The van der Waals surface area contributed by atoms with Crippen molar-refractivity contribution in [2.24, 2.45) is 0 Å². The largest absolute Gasteiger partial charge is 0.228 e. The SMILES string of the molecule is O=S1(=O)CCN(S(=O)(=O)Cc2ccc(Cl)cc2)CCC1c1ccccc1. The van der Waals surface area contributed by atoms with Gasteiger partial charge >= 0.3 is 0 Å². The predicted octanol–water partition coefficient (Wildman–Crippen LogP) is 3.03. The summed E-state index contributed by atoms with van der Waals surface area (Å²) in [7, 11) is -7.01. The molecule has 0 aliphatic carbocycles. The van der Waals surface area contributed by atoms with Gasteiger partial charge in [-0.25, -0.2) is 21.1 Å². The number of halogens is 1. The summed E-state index contributed by atoms with van der Waals surface area (Å²) in [4.78, 5) is 0. The van der Waals surface area contributed by atoms with Gasteiger partial charge in [0.05, 0.1) is 16.8 Å². The zero-order valence-corrected chi connectivity index (χ0v) is 16.5. The number of nitrogens with zero attached hydrogens (tertiary/aromatic N) is 1. The Bertz CT molecular complexity index is 958. The molecule has 0 amide bonds. The molecule has 2 aromatic carbocycles. The van der Waals surface area contributed by atoms with Crippen molar-refractivity contribution in [3.05, 3.63) is 70.7 Å². The lowest BCUT2D eigenvalue weighted by atomic mass is 10.1. The molecule has 8 heteroatoms. The van der Waals surface area contributed by atoms with Gasteiger partial charge in [-0.1, -0.05) is 54.1 Å². The van der Waals surface area contributed by atoms with E-state index in [9.17, 15) is 16.8 Å². The lowest BCUT2D eigenvalue weighted by Gasteiger charge is -2.19. The molecule has 3 rings (SSSR count). The Morgan fingerprint density at radius 1 is 1.00 bits per heavy atom. The van der Waals surface area contributed by atoms with Gasteiger partial charge in [0, 0.05) is 18.1 Å². The van der Waals surface area contributed by atoms with E-state index in [1.165, 1.54) is 4.31 Å². The lowest BCUT2D eigenvalue weighted by molar-refractivity contribution is 0.427. The second-order valence-corrected chi connectivity index (χ2v) is 11.0. The van der Waals surface area contributed by atoms with Gasteiger partial charge in [-0.3, -0.25) is 0 Å². The van der Waals surface area contributed by atoms with Crippen molar-refractivity contribution in [1.82, 2.24) is 4.31 Å². The predicted molar refractivity (Wildman–Crippen MR) is 103 cm³/mol. The summed E-state index contributed by atoms with van der Waals surface area (Å²) in [6.07, 6.45) is 0.256. The highest BCUT2D eigenvalue weighted by Crippen LogP contribution is 2.30. The third kappa shape index (κ3) is 4.46. The van der Waals surface area contributed by atoms with Crippen LogP contribution in [0.5, 0.6) is 0 Å². The van der Waals surface area contributed by atoms with Crippen molar-refractivity contribution in [2.45, 2.75) is 17.4 Å². The Morgan fingerprint density at radius 3 is 2.31 bits per heavy atom. The quantitative estimate of drug-likeness (QED) is 0.772. The minimum absolute atomic E-state index is 0.0123. The number of sulfone groups is 1. The fraction of sp³-hybridized carbons (Fsp3) is 0.333. The van der Waals surface area contributed by atoms with Gasteiger partial charge in [0.1, 0.15) is 0 Å². The topological polar surface area (TPSA) is 71.5 Å². The maximum atomic E-state index is 12.7. The maximum Gasteiger partial charge on any atom is 0.218 e. The molecule has 2 aromatic rings. The molecule has 1 saturated heterocycles. The van der Waals surface area contributed by atoms with E-state index in [0.29, 0.717) is 16.1 Å². The van der Waals surface area contributed by atoms with Crippen LogP contribution < -0.4 is 0 Å². The van der Waals surface area contributed by atoms with Crippen LogP contribution in [-0.2, 0) is 25.6 Å². The zero-order chi connectivity index (χ0) is 18.8. The smallest absolute Gasteiger partial charge is 0.218 e. The van der Waals surface area contributed by atoms with Crippen molar-refractivity contribution in [1.29, 1.82) is 0 Å². The summed E-state index contributed by atoms with van der Waals surface area (Å²) in [5.41, 5.74) is 1.34. The van der Waals surface area contributed by atoms with Crippen LogP contribution >= 0.6 is 11.6 Å². The summed E-state index contributed by atoms with van der Waals surface area (Å²) < 4.78 is 52.1. The molecule has 0 saturated carbocycles. The first-order valence-corrected chi connectivity index (χ1v) is 12.0. The standard InChI is InChI=1S/C18H20ClNO4S2/c19-17-8-6-15(7-9-17)14-26(23,24)20-11-10-18(25(21,22)13-12-20)16-4-2-1-3-5-16/h1-9,18H,10-14H2. The first kappa shape index (κ1) is 19.4. The van der Waals surface area contributed by atoms with Crippen LogP contribution in [0.15, 0.2) is 54.6 Å². The van der Waals surface area contributed by atoms with Crippen molar-refractivity contribution in [2.75, 3.05) is 18.8 Å². The molecule has 1 aliphatic rings. The van der Waals surface area contributed by atoms with Crippen molar-refractivity contribution in [3.8, 4) is 0 Å². The summed E-state index contributed by atoms with van der Waals surface area (Å²) in [6, 6.07) is 15.6. The molecule has 0 aromatic heterocycles. The van der Waals surface area contributed by atoms with E-state index >= 15 is 0 Å². The van der Waals surface area contributed by atoms with Gasteiger partial charge in [-0.2, -0.15) is 0 Å². The minimum Gasteiger partial charge on any atom is -0.228 e. The molecule has 0 N–H and O–H groups in total. The molecule has 1 unspecified atom stereocenters. The van der Waals surface area contributed by atoms with Gasteiger partial charge in [0.15, 0.2) is 9.84 Å². The van der Waals surface area contributed by atoms with E-state index in [0.717, 1.165) is 0 Å². The summed E-state index contributed by atoms with van der Waals surface area (Å²) in [5, 5.41) is -0.128. The summed E-state index contributed by atoms with van der Waals surface area (Å²) in [6.45, 7) is 0.177. The van der Waals surface area contributed by atoms with E-state index in [-0.39, 0.29) is 31.0 Å². The molecule has 1 fully saturated rings. The minimum atomic E-state index is -3.60. The normalized spacial score (nSPS) is 21.2. The average molecular weight is 414 g/mol. The number of rotatable bonds is 4. The summed E-state index contributed by atoms with van der Waals surface area (Å²) in [5.74, 6) is -0.341. The van der Waals surface area contributed by atoms with E-state index < -0.39 is 25.1 Å². The van der Waals surface area contributed by atoms with Crippen LogP contribution in [-0.4, -0.2) is 40.0 Å². The van der Waals surface area contributed by atoms with Crippen LogP contribution in [0.25, 0.3) is 0 Å². The Balaban J connectivity index is 1.79. The monoisotopic (exact) mass is 413 g/mol. The molecular formula is C18H20ClNO4S2. The molecule has 0 spiro atoms. The average Bonchev–Trinajstić information content (AvgIpc) is 2.76. The van der Waals surface area contributed by atoms with Crippen molar-refractivity contribution < 1.29 is 16.8 Å². The van der Waals surface area contributed by atoms with E-state index in [4.69, 9.17) is 11.6 Å². The fourth-order valence-corrected chi connectivity index (χ4v) is 6.71. The second-order valence-electron chi connectivity index (χ2n) is 6.34. The number of sulfonamides is 1. The van der Waals surface area contributed by atoms with Crippen LogP contribution in [0.2, 0.25) is 5.02 Å².